The van der Waals surface area contributed by atoms with Gasteiger partial charge in [0.25, 0.3) is 0 Å². The molecule has 0 aromatic carbocycles. The number of ether oxygens (including phenoxy) is 1. The molecule has 2 aromatic rings. The Balaban J connectivity index is 1.82. The number of hydrogen-bond acceptors (Lipinski definition) is 5. The molecule has 19 heavy (non-hydrogen) atoms. The van der Waals surface area contributed by atoms with Gasteiger partial charge in [0.1, 0.15) is 5.82 Å². The second-order valence-corrected chi connectivity index (χ2v) is 5.52. The summed E-state index contributed by atoms with van der Waals surface area (Å²) in [6, 6.07) is 0. The van der Waals surface area contributed by atoms with Crippen LogP contribution in [0.4, 0.5) is 5.82 Å². The maximum absolute atomic E-state index is 6.04. The summed E-state index contributed by atoms with van der Waals surface area (Å²) in [6.45, 7) is 1.74. The molecular formula is C12H14ClN5O. The first-order valence-electron chi connectivity index (χ1n) is 6.46. The third-order valence-corrected chi connectivity index (χ3v) is 4.06. The summed E-state index contributed by atoms with van der Waals surface area (Å²) in [7, 11) is 1.86. The van der Waals surface area contributed by atoms with E-state index in [9.17, 15) is 0 Å². The highest BCUT2D eigenvalue weighted by atomic mass is 35.5. The molecule has 4 heterocycles. The van der Waals surface area contributed by atoms with Gasteiger partial charge in [-0.15, -0.1) is 0 Å². The smallest absolute Gasteiger partial charge is 0.226 e. The second-order valence-electron chi connectivity index (χ2n) is 5.18. The van der Waals surface area contributed by atoms with Gasteiger partial charge in [0.05, 0.1) is 23.8 Å². The third kappa shape index (κ3) is 1.78. The number of halogens is 1. The molecule has 100 valence electrons. The molecule has 2 atom stereocenters. The van der Waals surface area contributed by atoms with Gasteiger partial charge in [-0.1, -0.05) is 0 Å². The van der Waals surface area contributed by atoms with E-state index in [0.717, 1.165) is 42.8 Å². The molecule has 0 unspecified atom stereocenters. The summed E-state index contributed by atoms with van der Waals surface area (Å²) in [4.78, 5) is 10.9. The van der Waals surface area contributed by atoms with Crippen LogP contribution in [0.3, 0.4) is 0 Å². The van der Waals surface area contributed by atoms with Crippen molar-refractivity contribution in [3.05, 3.63) is 11.5 Å². The first-order valence-corrected chi connectivity index (χ1v) is 6.84. The molecule has 0 aliphatic carbocycles. The topological polar surface area (TPSA) is 56.1 Å². The minimum Gasteiger partial charge on any atom is -0.371 e. The van der Waals surface area contributed by atoms with Gasteiger partial charge in [-0.2, -0.15) is 15.1 Å². The Morgan fingerprint density at radius 2 is 2.00 bits per heavy atom. The van der Waals surface area contributed by atoms with Crippen molar-refractivity contribution in [3.63, 3.8) is 0 Å². The van der Waals surface area contributed by atoms with Crippen molar-refractivity contribution in [1.82, 2.24) is 19.7 Å². The first-order chi connectivity index (χ1) is 9.20. The molecule has 6 nitrogen and oxygen atoms in total. The van der Waals surface area contributed by atoms with Crippen LogP contribution < -0.4 is 4.90 Å². The van der Waals surface area contributed by atoms with Gasteiger partial charge in [0.2, 0.25) is 5.28 Å². The highest BCUT2D eigenvalue weighted by molar-refractivity contribution is 6.28. The molecule has 2 aliphatic rings. The van der Waals surface area contributed by atoms with Gasteiger partial charge in [0.15, 0.2) is 5.65 Å². The Kier molecular flexibility index (Phi) is 2.43. The number of hydrogen-bond donors (Lipinski definition) is 0. The fraction of sp³-hybridized carbons (Fsp3) is 0.583. The summed E-state index contributed by atoms with van der Waals surface area (Å²) in [6.07, 6.45) is 4.71. The van der Waals surface area contributed by atoms with E-state index >= 15 is 0 Å². The van der Waals surface area contributed by atoms with Crippen LogP contribution in [0, 0.1) is 0 Å². The van der Waals surface area contributed by atoms with Crippen LogP contribution >= 0.6 is 11.6 Å². The van der Waals surface area contributed by atoms with Crippen LogP contribution in [0.5, 0.6) is 0 Å². The molecule has 2 fully saturated rings. The molecule has 2 bridgehead atoms. The second kappa shape index (κ2) is 4.05. The number of aromatic nitrogens is 4. The SMILES string of the molecule is Cn1ncc2c(N3C[C@H]4CC[C@@H](C3)O4)nc(Cl)nc21. The number of rotatable bonds is 1. The van der Waals surface area contributed by atoms with Crippen LogP contribution in [0.2, 0.25) is 5.28 Å². The van der Waals surface area contributed by atoms with Gasteiger partial charge < -0.3 is 9.64 Å². The van der Waals surface area contributed by atoms with Gasteiger partial charge >= 0.3 is 0 Å². The lowest BCUT2D eigenvalue weighted by Crippen LogP contribution is -2.43. The minimum atomic E-state index is 0.268. The van der Waals surface area contributed by atoms with Crippen molar-refractivity contribution in [2.24, 2.45) is 7.05 Å². The van der Waals surface area contributed by atoms with Crippen molar-refractivity contribution in [2.45, 2.75) is 25.0 Å². The largest absolute Gasteiger partial charge is 0.371 e. The standard InChI is InChI=1S/C12H14ClN5O/c1-17-10-9(4-14-17)11(16-12(13)15-10)18-5-7-2-3-8(6-18)19-7/h4,7-8H,2-3,5-6H2,1H3/t7-,8+. The van der Waals surface area contributed by atoms with Crippen LogP contribution in [0.1, 0.15) is 12.8 Å². The maximum atomic E-state index is 6.04. The molecule has 4 rings (SSSR count). The van der Waals surface area contributed by atoms with E-state index in [0.29, 0.717) is 12.2 Å². The molecule has 2 aliphatic heterocycles. The zero-order valence-electron chi connectivity index (χ0n) is 10.6. The van der Waals surface area contributed by atoms with E-state index < -0.39 is 0 Å². The summed E-state index contributed by atoms with van der Waals surface area (Å²) < 4.78 is 7.58. The average molecular weight is 280 g/mol. The van der Waals surface area contributed by atoms with Gasteiger partial charge in [-0.25, -0.2) is 0 Å². The van der Waals surface area contributed by atoms with Crippen molar-refractivity contribution >= 4 is 28.5 Å². The highest BCUT2D eigenvalue weighted by Crippen LogP contribution is 2.32. The van der Waals surface area contributed by atoms with Gasteiger partial charge in [-0.05, 0) is 24.4 Å². The summed E-state index contributed by atoms with van der Waals surface area (Å²) in [5.74, 6) is 0.878. The molecule has 0 N–H and O–H groups in total. The Labute approximate surface area is 115 Å². The number of fused-ring (bicyclic) bond motifs is 3. The number of nitrogens with zero attached hydrogens (tertiary/aromatic N) is 5. The molecule has 0 amide bonds. The molecule has 0 saturated carbocycles. The Morgan fingerprint density at radius 3 is 2.74 bits per heavy atom. The van der Waals surface area contributed by atoms with Gasteiger partial charge in [-0.3, -0.25) is 4.68 Å². The zero-order chi connectivity index (χ0) is 13.0. The van der Waals surface area contributed by atoms with Crippen molar-refractivity contribution in [3.8, 4) is 0 Å². The third-order valence-electron chi connectivity index (χ3n) is 3.89. The fourth-order valence-electron chi connectivity index (χ4n) is 3.01. The predicted octanol–water partition coefficient (Wildman–Crippen LogP) is 1.38. The van der Waals surface area contributed by atoms with E-state index in [-0.39, 0.29) is 5.28 Å². The van der Waals surface area contributed by atoms with E-state index in [1.165, 1.54) is 0 Å². The minimum absolute atomic E-state index is 0.268. The lowest BCUT2D eigenvalue weighted by molar-refractivity contribution is 0.0303. The quantitative estimate of drug-likeness (QED) is 0.738. The number of aryl methyl sites for hydroxylation is 1. The highest BCUT2D eigenvalue weighted by Gasteiger charge is 2.35. The normalized spacial score (nSPS) is 26.3. The van der Waals surface area contributed by atoms with E-state index in [2.05, 4.69) is 20.0 Å². The molecule has 2 saturated heterocycles. The van der Waals surface area contributed by atoms with Crippen LogP contribution in [-0.2, 0) is 11.8 Å². The fourth-order valence-corrected chi connectivity index (χ4v) is 3.17. The van der Waals surface area contributed by atoms with E-state index in [4.69, 9.17) is 16.3 Å². The summed E-state index contributed by atoms with van der Waals surface area (Å²) in [5, 5.41) is 5.46. The number of morpholine rings is 1. The lowest BCUT2D eigenvalue weighted by atomic mass is 10.2. The Morgan fingerprint density at radius 1 is 1.26 bits per heavy atom. The van der Waals surface area contributed by atoms with Crippen molar-refractivity contribution < 1.29 is 4.74 Å². The summed E-state index contributed by atoms with van der Waals surface area (Å²) >= 11 is 6.04. The monoisotopic (exact) mass is 279 g/mol. The lowest BCUT2D eigenvalue weighted by Gasteiger charge is -2.33. The Hall–Kier alpha value is -1.40. The predicted molar refractivity (Wildman–Crippen MR) is 71.4 cm³/mol. The average Bonchev–Trinajstić information content (AvgIpc) is 2.92. The van der Waals surface area contributed by atoms with Crippen LogP contribution in [-0.4, -0.2) is 45.0 Å². The van der Waals surface area contributed by atoms with Gasteiger partial charge in [0, 0.05) is 20.1 Å². The molecule has 0 spiro atoms. The van der Waals surface area contributed by atoms with Crippen LogP contribution in [0.15, 0.2) is 6.20 Å². The summed E-state index contributed by atoms with van der Waals surface area (Å²) in [5.41, 5.74) is 0.772. The van der Waals surface area contributed by atoms with E-state index in [1.807, 2.05) is 7.05 Å². The molecule has 2 aromatic heterocycles. The zero-order valence-corrected chi connectivity index (χ0v) is 11.3. The molecular weight excluding hydrogens is 266 g/mol. The first kappa shape index (κ1) is 11.4. The molecule has 7 heteroatoms. The van der Waals surface area contributed by atoms with Crippen molar-refractivity contribution in [1.29, 1.82) is 0 Å². The maximum Gasteiger partial charge on any atom is 0.226 e. The van der Waals surface area contributed by atoms with Crippen molar-refractivity contribution in [2.75, 3.05) is 18.0 Å². The Bertz CT molecular complexity index is 630. The molecule has 0 radical (unpaired) electrons. The number of anilines is 1. The van der Waals surface area contributed by atoms with Crippen LogP contribution in [0.25, 0.3) is 11.0 Å². The van der Waals surface area contributed by atoms with E-state index in [1.54, 1.807) is 10.9 Å².